The molecule has 0 radical (unpaired) electrons. The Hall–Kier alpha value is -3.76. The minimum absolute atomic E-state index is 0.0690. The number of amides is 1. The molecular formula is C22H22F3N7O. The number of alkyl halides is 2. The van der Waals surface area contributed by atoms with Crippen LogP contribution in [-0.4, -0.2) is 49.5 Å². The zero-order valence-corrected chi connectivity index (χ0v) is 18.7. The molecule has 1 amide bonds. The number of benzene rings is 1. The van der Waals surface area contributed by atoms with Gasteiger partial charge in [0.25, 0.3) is 12.3 Å². The lowest BCUT2D eigenvalue weighted by Crippen LogP contribution is -2.23. The maximum absolute atomic E-state index is 14.7. The molecule has 3 heterocycles. The third-order valence-electron chi connectivity index (χ3n) is 5.23. The van der Waals surface area contributed by atoms with Crippen LogP contribution in [0.1, 0.15) is 52.5 Å². The van der Waals surface area contributed by atoms with Crippen molar-refractivity contribution < 1.29 is 18.0 Å². The Morgan fingerprint density at radius 1 is 1.06 bits per heavy atom. The summed E-state index contributed by atoms with van der Waals surface area (Å²) in [5, 5.41) is 7.93. The van der Waals surface area contributed by atoms with E-state index in [4.69, 9.17) is 0 Å². The van der Waals surface area contributed by atoms with E-state index < -0.39 is 23.8 Å². The Morgan fingerprint density at radius 3 is 2.39 bits per heavy atom. The molecule has 1 atom stereocenters. The van der Waals surface area contributed by atoms with E-state index in [0.717, 1.165) is 6.07 Å². The van der Waals surface area contributed by atoms with Gasteiger partial charge in [0.05, 0.1) is 22.6 Å². The van der Waals surface area contributed by atoms with Gasteiger partial charge in [-0.25, -0.2) is 28.1 Å². The molecule has 0 fully saturated rings. The fourth-order valence-electron chi connectivity index (χ4n) is 3.67. The normalized spacial score (nSPS) is 12.5. The Balaban J connectivity index is 1.90. The summed E-state index contributed by atoms with van der Waals surface area (Å²) in [6.45, 7) is 5.03. The van der Waals surface area contributed by atoms with Gasteiger partial charge in [-0.2, -0.15) is 4.52 Å². The van der Waals surface area contributed by atoms with Crippen LogP contribution in [0, 0.1) is 19.7 Å². The van der Waals surface area contributed by atoms with Crippen LogP contribution in [0.5, 0.6) is 0 Å². The summed E-state index contributed by atoms with van der Waals surface area (Å²) >= 11 is 0. The summed E-state index contributed by atoms with van der Waals surface area (Å²) < 4.78 is 42.5. The first-order chi connectivity index (χ1) is 15.6. The van der Waals surface area contributed by atoms with Gasteiger partial charge in [0, 0.05) is 19.7 Å². The average molecular weight is 457 g/mol. The standard InChI is InChI=1S/C22H22F3N7O/c1-10(13-7-6-8-14(17(13)23)18(24)25)26-19-15-9-16(22(33)31(4)5)21-29-12(3)30-32(21)20(15)28-11(2)27-19/h6-10,18H,1-5H3,(H,26,27,28)/t10-/m1/s1. The molecule has 1 N–H and O–H groups in total. The fraction of sp³-hybridized carbons (Fsp3) is 0.318. The van der Waals surface area contributed by atoms with E-state index in [1.807, 2.05) is 0 Å². The van der Waals surface area contributed by atoms with Crippen molar-refractivity contribution in [1.29, 1.82) is 0 Å². The molecule has 8 nitrogen and oxygen atoms in total. The molecule has 0 saturated heterocycles. The van der Waals surface area contributed by atoms with Crippen molar-refractivity contribution in [1.82, 2.24) is 29.5 Å². The van der Waals surface area contributed by atoms with E-state index in [9.17, 15) is 18.0 Å². The summed E-state index contributed by atoms with van der Waals surface area (Å²) in [5.41, 5.74) is 0.460. The lowest BCUT2D eigenvalue weighted by molar-refractivity contribution is 0.0829. The lowest BCUT2D eigenvalue weighted by atomic mass is 10.0. The Bertz CT molecular complexity index is 1380. The molecule has 3 aromatic heterocycles. The first-order valence-corrected chi connectivity index (χ1v) is 10.2. The van der Waals surface area contributed by atoms with E-state index >= 15 is 0 Å². The van der Waals surface area contributed by atoms with E-state index in [2.05, 4.69) is 25.4 Å². The second-order valence-corrected chi connectivity index (χ2v) is 7.93. The molecule has 0 aliphatic rings. The van der Waals surface area contributed by atoms with Crippen molar-refractivity contribution in [3.05, 3.63) is 58.4 Å². The highest BCUT2D eigenvalue weighted by Gasteiger charge is 2.23. The minimum Gasteiger partial charge on any atom is -0.363 e. The minimum atomic E-state index is -2.93. The summed E-state index contributed by atoms with van der Waals surface area (Å²) in [6.07, 6.45) is -2.93. The van der Waals surface area contributed by atoms with Crippen molar-refractivity contribution in [2.75, 3.05) is 19.4 Å². The number of hydrogen-bond acceptors (Lipinski definition) is 6. The molecule has 4 rings (SSSR count). The van der Waals surface area contributed by atoms with Gasteiger partial charge in [-0.3, -0.25) is 4.79 Å². The molecule has 0 aliphatic heterocycles. The van der Waals surface area contributed by atoms with E-state index in [-0.39, 0.29) is 11.5 Å². The molecule has 1 aromatic carbocycles. The predicted octanol–water partition coefficient (Wildman–Crippen LogP) is 4.24. The van der Waals surface area contributed by atoms with E-state index in [0.29, 0.717) is 39.7 Å². The van der Waals surface area contributed by atoms with Gasteiger partial charge in [-0.05, 0) is 26.8 Å². The van der Waals surface area contributed by atoms with Crippen LogP contribution >= 0.6 is 0 Å². The Kier molecular flexibility index (Phi) is 5.64. The highest BCUT2D eigenvalue weighted by Crippen LogP contribution is 2.31. The van der Waals surface area contributed by atoms with Crippen LogP contribution in [0.2, 0.25) is 0 Å². The number of pyridine rings is 1. The smallest absolute Gasteiger partial charge is 0.266 e. The molecule has 33 heavy (non-hydrogen) atoms. The zero-order valence-electron chi connectivity index (χ0n) is 18.7. The number of anilines is 1. The first-order valence-electron chi connectivity index (χ1n) is 10.2. The van der Waals surface area contributed by atoms with Crippen molar-refractivity contribution in [2.45, 2.75) is 33.2 Å². The van der Waals surface area contributed by atoms with Gasteiger partial charge in [0.15, 0.2) is 11.3 Å². The molecule has 0 aliphatic carbocycles. The van der Waals surface area contributed by atoms with Gasteiger partial charge in [-0.15, -0.1) is 5.10 Å². The number of aryl methyl sites for hydroxylation is 2. The molecule has 11 heteroatoms. The van der Waals surface area contributed by atoms with E-state index in [1.54, 1.807) is 40.9 Å². The van der Waals surface area contributed by atoms with Crippen LogP contribution in [0.4, 0.5) is 19.0 Å². The molecule has 0 spiro atoms. The SMILES string of the molecule is Cc1nc(N[C@H](C)c2cccc(C(F)F)c2F)c2cc(C(=O)N(C)C)c3nc(C)nn3c2n1. The number of carbonyl (C=O) groups excluding carboxylic acids is 1. The fourth-order valence-corrected chi connectivity index (χ4v) is 3.67. The highest BCUT2D eigenvalue weighted by atomic mass is 19.3. The van der Waals surface area contributed by atoms with Crippen molar-refractivity contribution >= 4 is 28.4 Å². The van der Waals surface area contributed by atoms with Crippen LogP contribution in [-0.2, 0) is 0 Å². The summed E-state index contributed by atoms with van der Waals surface area (Å²) in [4.78, 5) is 27.5. The number of nitrogens with one attached hydrogen (secondary N) is 1. The number of aromatic nitrogens is 5. The molecular weight excluding hydrogens is 435 g/mol. The maximum atomic E-state index is 14.7. The second kappa shape index (κ2) is 8.30. The number of hydrogen-bond donors (Lipinski definition) is 1. The van der Waals surface area contributed by atoms with Crippen LogP contribution < -0.4 is 5.32 Å². The second-order valence-electron chi connectivity index (χ2n) is 7.93. The molecule has 172 valence electrons. The van der Waals surface area contributed by atoms with Crippen molar-refractivity contribution in [3.8, 4) is 0 Å². The number of fused-ring (bicyclic) bond motifs is 3. The Morgan fingerprint density at radius 2 is 1.73 bits per heavy atom. The monoisotopic (exact) mass is 457 g/mol. The lowest BCUT2D eigenvalue weighted by Gasteiger charge is -2.19. The van der Waals surface area contributed by atoms with Crippen molar-refractivity contribution in [3.63, 3.8) is 0 Å². The van der Waals surface area contributed by atoms with Gasteiger partial charge in [0.2, 0.25) is 0 Å². The summed E-state index contributed by atoms with van der Waals surface area (Å²) in [5.74, 6) is -0.0833. The topological polar surface area (TPSA) is 88.3 Å². The number of carbonyl (C=O) groups is 1. The summed E-state index contributed by atoms with van der Waals surface area (Å²) in [7, 11) is 3.25. The van der Waals surface area contributed by atoms with Crippen LogP contribution in [0.3, 0.4) is 0 Å². The first kappa shape index (κ1) is 22.4. The maximum Gasteiger partial charge on any atom is 0.266 e. The van der Waals surface area contributed by atoms with Gasteiger partial charge in [0.1, 0.15) is 23.3 Å². The number of halogens is 3. The van der Waals surface area contributed by atoms with Crippen molar-refractivity contribution in [2.24, 2.45) is 0 Å². The average Bonchev–Trinajstić information content (AvgIpc) is 3.14. The summed E-state index contributed by atoms with van der Waals surface area (Å²) in [6, 6.07) is 4.79. The third-order valence-corrected chi connectivity index (χ3v) is 5.23. The molecule has 0 saturated carbocycles. The van der Waals surface area contributed by atoms with E-state index in [1.165, 1.54) is 21.5 Å². The number of rotatable bonds is 5. The molecule has 0 bridgehead atoms. The molecule has 4 aromatic rings. The van der Waals surface area contributed by atoms with Crippen LogP contribution in [0.15, 0.2) is 24.3 Å². The molecule has 0 unspecified atom stereocenters. The largest absolute Gasteiger partial charge is 0.363 e. The Labute approximate surface area is 187 Å². The number of nitrogens with zero attached hydrogens (tertiary/aromatic N) is 6. The van der Waals surface area contributed by atoms with Gasteiger partial charge < -0.3 is 10.2 Å². The van der Waals surface area contributed by atoms with Gasteiger partial charge in [-0.1, -0.05) is 18.2 Å². The highest BCUT2D eigenvalue weighted by molar-refractivity contribution is 6.04. The third kappa shape index (κ3) is 3.94. The quantitative estimate of drug-likeness (QED) is 0.482. The van der Waals surface area contributed by atoms with Crippen LogP contribution in [0.25, 0.3) is 16.7 Å². The predicted molar refractivity (Wildman–Crippen MR) is 117 cm³/mol. The van der Waals surface area contributed by atoms with Gasteiger partial charge >= 0.3 is 0 Å². The zero-order chi connectivity index (χ0) is 24.0.